The van der Waals surface area contributed by atoms with E-state index < -0.39 is 5.54 Å². The summed E-state index contributed by atoms with van der Waals surface area (Å²) in [7, 11) is 0. The Morgan fingerprint density at radius 1 is 1.27 bits per heavy atom. The van der Waals surface area contributed by atoms with Crippen molar-refractivity contribution < 1.29 is 4.79 Å². The van der Waals surface area contributed by atoms with Crippen LogP contribution in [0.25, 0.3) is 5.00 Å². The van der Waals surface area contributed by atoms with E-state index in [9.17, 15) is 4.79 Å². The molecule has 3 aromatic rings. The number of nitrogens with one attached hydrogen (secondary N) is 1. The monoisotopic (exact) mass is 439 g/mol. The van der Waals surface area contributed by atoms with Crippen molar-refractivity contribution in [2.75, 3.05) is 6.54 Å². The number of hydrogen-bond donors (Lipinski definition) is 1. The molecule has 2 aromatic heterocycles. The van der Waals surface area contributed by atoms with Crippen LogP contribution in [0, 0.1) is 26.7 Å². The van der Waals surface area contributed by atoms with Gasteiger partial charge in [0.2, 0.25) is 5.91 Å². The third-order valence-corrected chi connectivity index (χ3v) is 7.56. The van der Waals surface area contributed by atoms with Crippen molar-refractivity contribution in [3.05, 3.63) is 62.5 Å². The lowest BCUT2D eigenvalue weighted by Gasteiger charge is -2.13. The number of amides is 1. The summed E-state index contributed by atoms with van der Waals surface area (Å²) in [5.74, 6) is 1.86. The van der Waals surface area contributed by atoms with Crippen molar-refractivity contribution in [3.63, 3.8) is 0 Å². The van der Waals surface area contributed by atoms with E-state index in [1.54, 1.807) is 18.3 Å². The van der Waals surface area contributed by atoms with Gasteiger partial charge in [0.15, 0.2) is 5.82 Å². The highest BCUT2D eigenvalue weighted by Crippen LogP contribution is 2.57. The standard InChI is InChI=1S/C22H22ClN5OS/c1-11-12(2)30-20-18(11)19(15-5-7-17(23)8-6-15)25-22(9-16(22)10-24-14(4)29)21-27-26-13(3)28(20)21/h5-8,16H,9-10H2,1-4H3,(H,24,29). The maximum absolute atomic E-state index is 11.5. The van der Waals surface area contributed by atoms with Crippen LogP contribution in [0.15, 0.2) is 29.3 Å². The van der Waals surface area contributed by atoms with Gasteiger partial charge in [-0.1, -0.05) is 23.7 Å². The van der Waals surface area contributed by atoms with Gasteiger partial charge in [-0.2, -0.15) is 0 Å². The smallest absolute Gasteiger partial charge is 0.216 e. The summed E-state index contributed by atoms with van der Waals surface area (Å²) in [5.41, 5.74) is 3.85. The lowest BCUT2D eigenvalue weighted by Crippen LogP contribution is -2.26. The number of aliphatic imine (C=N–C) groups is 1. The minimum Gasteiger partial charge on any atom is -0.356 e. The number of rotatable bonds is 3. The Morgan fingerprint density at radius 3 is 2.70 bits per heavy atom. The van der Waals surface area contributed by atoms with Crippen LogP contribution < -0.4 is 5.32 Å². The molecule has 0 bridgehead atoms. The maximum atomic E-state index is 11.5. The van der Waals surface area contributed by atoms with Crippen LogP contribution in [0.1, 0.15) is 46.6 Å². The molecule has 0 saturated heterocycles. The van der Waals surface area contributed by atoms with Crippen LogP contribution in [0.2, 0.25) is 5.02 Å². The number of hydrogen-bond acceptors (Lipinski definition) is 5. The van der Waals surface area contributed by atoms with E-state index in [1.165, 1.54) is 10.4 Å². The Balaban J connectivity index is 1.75. The zero-order valence-electron chi connectivity index (χ0n) is 17.3. The second kappa shape index (κ2) is 6.75. The fourth-order valence-electron chi connectivity index (χ4n) is 4.29. The number of aryl methyl sites for hydroxylation is 2. The van der Waals surface area contributed by atoms with Crippen molar-refractivity contribution in [1.82, 2.24) is 20.1 Å². The zero-order valence-corrected chi connectivity index (χ0v) is 18.9. The molecule has 0 radical (unpaired) electrons. The van der Waals surface area contributed by atoms with Gasteiger partial charge in [-0.05, 0) is 44.9 Å². The van der Waals surface area contributed by atoms with Gasteiger partial charge in [-0.25, -0.2) is 0 Å². The summed E-state index contributed by atoms with van der Waals surface area (Å²) in [4.78, 5) is 18.1. The molecule has 1 N–H and O–H groups in total. The Labute approximate surface area is 184 Å². The third kappa shape index (κ3) is 2.83. The minimum absolute atomic E-state index is 0.0317. The summed E-state index contributed by atoms with van der Waals surface area (Å²) in [6.45, 7) is 8.39. The summed E-state index contributed by atoms with van der Waals surface area (Å²) < 4.78 is 2.17. The molecule has 6 nitrogen and oxygen atoms in total. The van der Waals surface area contributed by atoms with Crippen molar-refractivity contribution in [1.29, 1.82) is 0 Å². The molecule has 1 fully saturated rings. The fraction of sp³-hybridized carbons (Fsp3) is 0.364. The molecular weight excluding hydrogens is 418 g/mol. The molecule has 2 atom stereocenters. The van der Waals surface area contributed by atoms with Crippen LogP contribution in [-0.2, 0) is 10.3 Å². The normalized spacial score (nSPS) is 21.6. The first-order valence-corrected chi connectivity index (χ1v) is 11.1. The van der Waals surface area contributed by atoms with E-state index >= 15 is 0 Å². The Bertz CT molecular complexity index is 1210. The number of fused-ring (bicyclic) bond motifs is 4. The van der Waals surface area contributed by atoms with Gasteiger partial charge < -0.3 is 5.32 Å². The molecule has 1 aliphatic carbocycles. The number of benzene rings is 1. The molecule has 1 amide bonds. The Morgan fingerprint density at radius 2 is 2.00 bits per heavy atom. The minimum atomic E-state index is -0.488. The second-order valence-electron chi connectivity index (χ2n) is 8.10. The van der Waals surface area contributed by atoms with Crippen LogP contribution in [0.3, 0.4) is 0 Å². The van der Waals surface area contributed by atoms with Crippen LogP contribution >= 0.6 is 22.9 Å². The molecular formula is C22H22ClN5OS. The average molecular weight is 440 g/mol. The van der Waals surface area contributed by atoms with Crippen LogP contribution in [0.5, 0.6) is 0 Å². The lowest BCUT2D eigenvalue weighted by atomic mass is 9.99. The molecule has 5 rings (SSSR count). The first-order chi connectivity index (χ1) is 14.3. The Hall–Kier alpha value is -2.51. The second-order valence-corrected chi connectivity index (χ2v) is 9.74. The average Bonchev–Trinajstić information content (AvgIpc) is 3.18. The number of aromatic nitrogens is 3. The van der Waals surface area contributed by atoms with Crippen molar-refractivity contribution in [2.24, 2.45) is 10.9 Å². The predicted molar refractivity (Wildman–Crippen MR) is 119 cm³/mol. The highest BCUT2D eigenvalue weighted by atomic mass is 35.5. The van der Waals surface area contributed by atoms with Crippen molar-refractivity contribution in [3.8, 4) is 5.00 Å². The number of nitrogens with zero attached hydrogens (tertiary/aromatic N) is 4. The number of thiophene rings is 1. The number of carbonyl (C=O) groups is 1. The van der Waals surface area contributed by atoms with Gasteiger partial charge in [0.1, 0.15) is 16.4 Å². The van der Waals surface area contributed by atoms with Gasteiger partial charge in [-0.3, -0.25) is 14.4 Å². The Kier molecular flexibility index (Phi) is 4.38. The molecule has 1 spiro atoms. The van der Waals surface area contributed by atoms with E-state index in [2.05, 4.69) is 33.9 Å². The van der Waals surface area contributed by atoms with Gasteiger partial charge in [0.05, 0.1) is 5.71 Å². The molecule has 154 valence electrons. The quantitative estimate of drug-likeness (QED) is 0.667. The maximum Gasteiger partial charge on any atom is 0.216 e. The van der Waals surface area contributed by atoms with Crippen LogP contribution in [-0.4, -0.2) is 32.9 Å². The first kappa shape index (κ1) is 19.5. The van der Waals surface area contributed by atoms with Gasteiger partial charge in [0.25, 0.3) is 0 Å². The largest absolute Gasteiger partial charge is 0.356 e. The SMILES string of the molecule is CC(=O)NCC1CC12N=C(c1ccc(Cl)cc1)c1c(sc(C)c1C)-n1c(C)nnc12. The van der Waals surface area contributed by atoms with E-state index in [0.717, 1.165) is 39.9 Å². The van der Waals surface area contributed by atoms with E-state index in [1.807, 2.05) is 31.2 Å². The van der Waals surface area contributed by atoms with Crippen LogP contribution in [0.4, 0.5) is 0 Å². The van der Waals surface area contributed by atoms with E-state index in [-0.39, 0.29) is 11.8 Å². The molecule has 1 aliphatic heterocycles. The molecule has 1 saturated carbocycles. The molecule has 8 heteroatoms. The number of carbonyl (C=O) groups excluding carboxylic acids is 1. The van der Waals surface area contributed by atoms with Gasteiger partial charge >= 0.3 is 0 Å². The summed E-state index contributed by atoms with van der Waals surface area (Å²) in [5, 5.41) is 13.7. The fourth-order valence-corrected chi connectivity index (χ4v) is 5.62. The van der Waals surface area contributed by atoms with E-state index in [4.69, 9.17) is 16.6 Å². The summed E-state index contributed by atoms with van der Waals surface area (Å²) in [6.07, 6.45) is 0.829. The van der Waals surface area contributed by atoms with E-state index in [0.29, 0.717) is 11.6 Å². The molecule has 30 heavy (non-hydrogen) atoms. The highest BCUT2D eigenvalue weighted by Gasteiger charge is 2.60. The van der Waals surface area contributed by atoms with Gasteiger partial charge in [0, 0.05) is 40.4 Å². The predicted octanol–water partition coefficient (Wildman–Crippen LogP) is 4.11. The molecule has 2 aliphatic rings. The molecule has 3 heterocycles. The first-order valence-electron chi connectivity index (χ1n) is 9.95. The highest BCUT2D eigenvalue weighted by molar-refractivity contribution is 7.15. The van der Waals surface area contributed by atoms with Gasteiger partial charge in [-0.15, -0.1) is 21.5 Å². The lowest BCUT2D eigenvalue weighted by molar-refractivity contribution is -0.119. The topological polar surface area (TPSA) is 72.2 Å². The number of halogens is 1. The van der Waals surface area contributed by atoms with Crippen molar-refractivity contribution in [2.45, 2.75) is 39.7 Å². The molecule has 2 unspecified atom stereocenters. The molecule has 1 aromatic carbocycles. The zero-order chi connectivity index (χ0) is 21.2. The summed E-state index contributed by atoms with van der Waals surface area (Å²) in [6, 6.07) is 7.85. The third-order valence-electron chi connectivity index (χ3n) is 6.12. The summed E-state index contributed by atoms with van der Waals surface area (Å²) >= 11 is 7.90. The van der Waals surface area contributed by atoms with Crippen molar-refractivity contribution >= 4 is 34.6 Å².